The first-order chi connectivity index (χ1) is 10.8. The van der Waals surface area contributed by atoms with Crippen LogP contribution in [-0.2, 0) is 9.47 Å². The summed E-state index contributed by atoms with van der Waals surface area (Å²) in [4.78, 5) is 7.19. The molecule has 1 unspecified atom stereocenters. The number of rotatable bonds is 10. The number of aliphatic imine (C=N–C) groups is 1. The van der Waals surface area contributed by atoms with Gasteiger partial charge in [-0.3, -0.25) is 4.99 Å². The molecule has 6 heteroatoms. The highest BCUT2D eigenvalue weighted by Gasteiger charge is 2.23. The second-order valence-electron chi connectivity index (χ2n) is 6.27. The second-order valence-corrected chi connectivity index (χ2v) is 6.27. The van der Waals surface area contributed by atoms with E-state index in [4.69, 9.17) is 14.5 Å². The molecular formula is C16H32N4O2. The van der Waals surface area contributed by atoms with Crippen LogP contribution in [0.15, 0.2) is 4.99 Å². The molecule has 0 spiro atoms. The van der Waals surface area contributed by atoms with Crippen LogP contribution in [0.4, 0.5) is 0 Å². The van der Waals surface area contributed by atoms with Crippen LogP contribution in [-0.4, -0.2) is 76.6 Å². The summed E-state index contributed by atoms with van der Waals surface area (Å²) >= 11 is 0. The molecule has 1 heterocycles. The second kappa shape index (κ2) is 10.0. The monoisotopic (exact) mass is 312 g/mol. The summed E-state index contributed by atoms with van der Waals surface area (Å²) in [5.74, 6) is 0.972. The largest absolute Gasteiger partial charge is 0.382 e. The van der Waals surface area contributed by atoms with Crippen LogP contribution in [0.2, 0.25) is 0 Å². The third-order valence-electron chi connectivity index (χ3n) is 4.24. The number of nitrogens with zero attached hydrogens (tertiary/aromatic N) is 2. The summed E-state index contributed by atoms with van der Waals surface area (Å²) in [5.41, 5.74) is 0. The van der Waals surface area contributed by atoms with Gasteiger partial charge in [0.05, 0.1) is 19.8 Å². The van der Waals surface area contributed by atoms with Crippen LogP contribution in [0, 0.1) is 0 Å². The Kier molecular flexibility index (Phi) is 7.98. The van der Waals surface area contributed by atoms with Gasteiger partial charge in [0.25, 0.3) is 0 Å². The van der Waals surface area contributed by atoms with Gasteiger partial charge in [-0.2, -0.15) is 0 Å². The number of likely N-dealkylation sites (tertiary alicyclic amines) is 1. The number of ether oxygens (including phenoxy) is 2. The Morgan fingerprint density at radius 1 is 1.23 bits per heavy atom. The summed E-state index contributed by atoms with van der Waals surface area (Å²) in [5, 5.41) is 6.93. The summed E-state index contributed by atoms with van der Waals surface area (Å²) in [6.07, 6.45) is 6.09. The van der Waals surface area contributed by atoms with Gasteiger partial charge in [-0.1, -0.05) is 0 Å². The minimum atomic E-state index is 0.607. The molecular weight excluding hydrogens is 280 g/mol. The molecule has 22 heavy (non-hydrogen) atoms. The lowest BCUT2D eigenvalue weighted by Gasteiger charge is -2.18. The van der Waals surface area contributed by atoms with Crippen LogP contribution >= 0.6 is 0 Å². The predicted octanol–water partition coefficient (Wildman–Crippen LogP) is 0.831. The molecule has 1 aliphatic carbocycles. The molecule has 0 aromatic carbocycles. The number of guanidine groups is 1. The minimum Gasteiger partial charge on any atom is -0.382 e. The van der Waals surface area contributed by atoms with E-state index in [1.165, 1.54) is 32.2 Å². The highest BCUT2D eigenvalue weighted by Crippen LogP contribution is 2.18. The third kappa shape index (κ3) is 6.94. The van der Waals surface area contributed by atoms with Crippen molar-refractivity contribution in [1.29, 1.82) is 0 Å². The van der Waals surface area contributed by atoms with E-state index in [9.17, 15) is 0 Å². The quantitative estimate of drug-likeness (QED) is 0.355. The van der Waals surface area contributed by atoms with E-state index in [0.717, 1.165) is 32.1 Å². The van der Waals surface area contributed by atoms with E-state index >= 15 is 0 Å². The third-order valence-corrected chi connectivity index (χ3v) is 4.24. The molecule has 2 fully saturated rings. The first-order valence-corrected chi connectivity index (χ1v) is 8.61. The molecule has 0 bridgehead atoms. The van der Waals surface area contributed by atoms with E-state index in [1.807, 2.05) is 0 Å². The molecule has 1 aliphatic heterocycles. The van der Waals surface area contributed by atoms with E-state index < -0.39 is 0 Å². The number of likely N-dealkylation sites (N-methyl/N-ethyl adjacent to an activating group) is 1. The molecule has 2 aliphatic rings. The Morgan fingerprint density at radius 2 is 2.09 bits per heavy atom. The fourth-order valence-electron chi connectivity index (χ4n) is 2.61. The highest BCUT2D eigenvalue weighted by molar-refractivity contribution is 5.80. The van der Waals surface area contributed by atoms with Gasteiger partial charge >= 0.3 is 0 Å². The summed E-state index contributed by atoms with van der Waals surface area (Å²) in [6.45, 7) is 5.09. The SMILES string of the molecule is COCCOCCCNC(=NCC1CCCN1C)NC1CC1. The minimum absolute atomic E-state index is 0.607. The first kappa shape index (κ1) is 17.5. The molecule has 0 radical (unpaired) electrons. The average Bonchev–Trinajstić information content (AvgIpc) is 3.24. The smallest absolute Gasteiger partial charge is 0.191 e. The molecule has 2 rings (SSSR count). The van der Waals surface area contributed by atoms with Crippen LogP contribution in [0.1, 0.15) is 32.1 Å². The molecule has 6 nitrogen and oxygen atoms in total. The van der Waals surface area contributed by atoms with Crippen LogP contribution < -0.4 is 10.6 Å². The first-order valence-electron chi connectivity index (χ1n) is 8.61. The highest BCUT2D eigenvalue weighted by atomic mass is 16.5. The number of hydrogen-bond acceptors (Lipinski definition) is 4. The maximum absolute atomic E-state index is 5.47. The predicted molar refractivity (Wildman–Crippen MR) is 89.4 cm³/mol. The molecule has 128 valence electrons. The van der Waals surface area contributed by atoms with Crippen LogP contribution in [0.5, 0.6) is 0 Å². The van der Waals surface area contributed by atoms with Crippen molar-refractivity contribution in [3.05, 3.63) is 0 Å². The van der Waals surface area contributed by atoms with Crippen molar-refractivity contribution >= 4 is 5.96 Å². The Morgan fingerprint density at radius 3 is 2.77 bits per heavy atom. The lowest BCUT2D eigenvalue weighted by Crippen LogP contribution is -2.40. The van der Waals surface area contributed by atoms with Crippen molar-refractivity contribution in [2.45, 2.75) is 44.2 Å². The van der Waals surface area contributed by atoms with Crippen molar-refractivity contribution < 1.29 is 9.47 Å². The fourth-order valence-corrected chi connectivity index (χ4v) is 2.61. The van der Waals surface area contributed by atoms with Gasteiger partial charge in [0.1, 0.15) is 0 Å². The zero-order valence-corrected chi connectivity index (χ0v) is 14.1. The van der Waals surface area contributed by atoms with E-state index in [1.54, 1.807) is 7.11 Å². The van der Waals surface area contributed by atoms with Crippen molar-refractivity contribution in [3.63, 3.8) is 0 Å². The molecule has 1 saturated heterocycles. The summed E-state index contributed by atoms with van der Waals surface area (Å²) in [6, 6.07) is 1.24. The van der Waals surface area contributed by atoms with Gasteiger partial charge in [-0.25, -0.2) is 0 Å². The topological polar surface area (TPSA) is 58.1 Å². The van der Waals surface area contributed by atoms with Crippen molar-refractivity contribution in [1.82, 2.24) is 15.5 Å². The van der Waals surface area contributed by atoms with Gasteiger partial charge in [0, 0.05) is 32.3 Å². The number of nitrogens with one attached hydrogen (secondary N) is 2. The van der Waals surface area contributed by atoms with E-state index in [-0.39, 0.29) is 0 Å². The Hall–Kier alpha value is -0.850. The molecule has 0 aromatic rings. The maximum Gasteiger partial charge on any atom is 0.191 e. The van der Waals surface area contributed by atoms with Gasteiger partial charge < -0.3 is 25.0 Å². The summed E-state index contributed by atoms with van der Waals surface area (Å²) < 4.78 is 10.4. The van der Waals surface area contributed by atoms with E-state index in [0.29, 0.717) is 25.3 Å². The van der Waals surface area contributed by atoms with Crippen molar-refractivity contribution in [3.8, 4) is 0 Å². The van der Waals surface area contributed by atoms with Crippen LogP contribution in [0.3, 0.4) is 0 Å². The van der Waals surface area contributed by atoms with Gasteiger partial charge in [0.15, 0.2) is 5.96 Å². The molecule has 1 atom stereocenters. The molecule has 1 saturated carbocycles. The fraction of sp³-hybridized carbons (Fsp3) is 0.938. The Labute approximate surface area is 134 Å². The molecule has 2 N–H and O–H groups in total. The number of methoxy groups -OCH3 is 1. The Bertz CT molecular complexity index is 334. The van der Waals surface area contributed by atoms with E-state index in [2.05, 4.69) is 22.6 Å². The summed E-state index contributed by atoms with van der Waals surface area (Å²) in [7, 11) is 3.89. The lowest BCUT2D eigenvalue weighted by atomic mass is 10.2. The van der Waals surface area contributed by atoms with Crippen LogP contribution in [0.25, 0.3) is 0 Å². The zero-order valence-electron chi connectivity index (χ0n) is 14.1. The molecule has 0 aromatic heterocycles. The zero-order chi connectivity index (χ0) is 15.6. The van der Waals surface area contributed by atoms with Gasteiger partial charge in [-0.05, 0) is 45.7 Å². The standard InChI is InChI=1S/C16H32N4O2/c1-20-9-3-5-15(20)13-18-16(19-14-6-7-14)17-8-4-10-22-12-11-21-2/h14-15H,3-13H2,1-2H3,(H2,17,18,19). The lowest BCUT2D eigenvalue weighted by molar-refractivity contribution is 0.0698. The van der Waals surface area contributed by atoms with Gasteiger partial charge in [0.2, 0.25) is 0 Å². The van der Waals surface area contributed by atoms with Crippen molar-refractivity contribution in [2.75, 3.05) is 53.6 Å². The van der Waals surface area contributed by atoms with Gasteiger partial charge in [-0.15, -0.1) is 0 Å². The normalized spacial score (nSPS) is 23.0. The molecule has 0 amide bonds. The average molecular weight is 312 g/mol. The number of hydrogen-bond donors (Lipinski definition) is 2. The Balaban J connectivity index is 1.62. The van der Waals surface area contributed by atoms with Crippen molar-refractivity contribution in [2.24, 2.45) is 4.99 Å². The maximum atomic E-state index is 5.47.